The fraction of sp³-hybridized carbons (Fsp3) is 1.00. The van der Waals surface area contributed by atoms with Crippen molar-refractivity contribution in [2.24, 2.45) is 5.92 Å². The molecule has 0 spiro atoms. The summed E-state index contributed by atoms with van der Waals surface area (Å²) in [5.41, 5.74) is 0. The molecule has 9 heteroatoms. The second-order valence-electron chi connectivity index (χ2n) is 3.10. The largest absolute Gasteiger partial charge is 0.424 e. The zero-order chi connectivity index (χ0) is 12.3. The standard InChI is InChI=1S/C6H4F8O/c1-2-3(7,8)5(11,12)15-6(13,14)4(2,9)10/h2H,1H3. The molecule has 90 valence electrons. The van der Waals surface area contributed by atoms with Crippen molar-refractivity contribution in [3.05, 3.63) is 0 Å². The van der Waals surface area contributed by atoms with Gasteiger partial charge in [0.05, 0.1) is 0 Å². The van der Waals surface area contributed by atoms with Gasteiger partial charge in [0.15, 0.2) is 0 Å². The summed E-state index contributed by atoms with van der Waals surface area (Å²) in [6.07, 6.45) is -11.3. The summed E-state index contributed by atoms with van der Waals surface area (Å²) in [6, 6.07) is 0. The fourth-order valence-electron chi connectivity index (χ4n) is 1.03. The average Bonchev–Trinajstić information content (AvgIpc) is 1.98. The molecule has 0 bridgehead atoms. The third kappa shape index (κ3) is 1.39. The van der Waals surface area contributed by atoms with Crippen LogP contribution in [0.4, 0.5) is 35.1 Å². The first-order chi connectivity index (χ1) is 6.36. The third-order valence-electron chi connectivity index (χ3n) is 2.12. The summed E-state index contributed by atoms with van der Waals surface area (Å²) in [7, 11) is 0. The van der Waals surface area contributed by atoms with Gasteiger partial charge in [0, 0.05) is 0 Å². The Morgan fingerprint density at radius 2 is 1.00 bits per heavy atom. The van der Waals surface area contributed by atoms with Crippen molar-refractivity contribution in [3.8, 4) is 0 Å². The van der Waals surface area contributed by atoms with E-state index >= 15 is 0 Å². The van der Waals surface area contributed by atoms with E-state index in [2.05, 4.69) is 4.74 Å². The van der Waals surface area contributed by atoms with E-state index in [9.17, 15) is 35.1 Å². The lowest BCUT2D eigenvalue weighted by Gasteiger charge is -2.43. The number of alkyl halides is 8. The van der Waals surface area contributed by atoms with Crippen LogP contribution in [0.15, 0.2) is 0 Å². The Bertz CT molecular complexity index is 246. The molecule has 1 rings (SSSR count). The van der Waals surface area contributed by atoms with Crippen LogP contribution in [0.25, 0.3) is 0 Å². The molecule has 1 aliphatic heterocycles. The van der Waals surface area contributed by atoms with Gasteiger partial charge in [0.25, 0.3) is 0 Å². The minimum Gasteiger partial charge on any atom is -0.246 e. The highest BCUT2D eigenvalue weighted by Gasteiger charge is 2.82. The summed E-state index contributed by atoms with van der Waals surface area (Å²) in [5, 5.41) is 0. The predicted octanol–water partition coefficient (Wildman–Crippen LogP) is 3.11. The van der Waals surface area contributed by atoms with Crippen molar-refractivity contribution < 1.29 is 39.9 Å². The SMILES string of the molecule is CC1C(F)(F)C(F)(F)OC(F)(F)C1(F)F. The molecule has 0 aromatic heterocycles. The maximum atomic E-state index is 12.5. The second kappa shape index (κ2) is 2.74. The van der Waals surface area contributed by atoms with Gasteiger partial charge in [-0.25, -0.2) is 4.74 Å². The molecule has 0 aliphatic carbocycles. The van der Waals surface area contributed by atoms with Gasteiger partial charge in [-0.1, -0.05) is 6.92 Å². The molecule has 0 amide bonds. The second-order valence-corrected chi connectivity index (χ2v) is 3.10. The van der Waals surface area contributed by atoms with Gasteiger partial charge in [-0.3, -0.25) is 0 Å². The highest BCUT2D eigenvalue weighted by Crippen LogP contribution is 2.58. The minimum atomic E-state index is -5.63. The molecule has 1 nitrogen and oxygen atoms in total. The first-order valence-electron chi connectivity index (χ1n) is 3.57. The lowest BCUT2D eigenvalue weighted by Crippen LogP contribution is -2.67. The quantitative estimate of drug-likeness (QED) is 0.595. The summed E-state index contributed by atoms with van der Waals surface area (Å²) in [4.78, 5) is 0. The number of halogens is 8. The van der Waals surface area contributed by atoms with Crippen LogP contribution < -0.4 is 0 Å². The number of rotatable bonds is 0. The summed E-state index contributed by atoms with van der Waals surface area (Å²) in [5.74, 6) is -14.3. The van der Waals surface area contributed by atoms with Crippen molar-refractivity contribution in [2.75, 3.05) is 0 Å². The first-order valence-corrected chi connectivity index (χ1v) is 3.57. The van der Waals surface area contributed by atoms with E-state index < -0.39 is 30.0 Å². The molecular formula is C6H4F8O. The zero-order valence-electron chi connectivity index (χ0n) is 7.01. The van der Waals surface area contributed by atoms with Crippen molar-refractivity contribution in [3.63, 3.8) is 0 Å². The van der Waals surface area contributed by atoms with Crippen LogP contribution in [0.1, 0.15) is 6.92 Å². The summed E-state index contributed by atoms with van der Waals surface area (Å²) in [6.45, 7) is -0.0929. The van der Waals surface area contributed by atoms with Gasteiger partial charge >= 0.3 is 24.1 Å². The van der Waals surface area contributed by atoms with Crippen LogP contribution in [-0.4, -0.2) is 24.1 Å². The molecule has 0 N–H and O–H groups in total. The van der Waals surface area contributed by atoms with Gasteiger partial charge < -0.3 is 0 Å². The van der Waals surface area contributed by atoms with Crippen LogP contribution >= 0.6 is 0 Å². The number of hydrogen-bond donors (Lipinski definition) is 0. The Balaban J connectivity index is 3.24. The molecular weight excluding hydrogens is 240 g/mol. The van der Waals surface area contributed by atoms with E-state index in [1.165, 1.54) is 0 Å². The average molecular weight is 244 g/mol. The Hall–Kier alpha value is -0.600. The van der Waals surface area contributed by atoms with Gasteiger partial charge in [-0.15, -0.1) is 0 Å². The van der Waals surface area contributed by atoms with Crippen molar-refractivity contribution in [2.45, 2.75) is 31.0 Å². The Morgan fingerprint density at radius 1 is 0.733 bits per heavy atom. The zero-order valence-corrected chi connectivity index (χ0v) is 7.01. The smallest absolute Gasteiger partial charge is 0.246 e. The lowest BCUT2D eigenvalue weighted by molar-refractivity contribution is -0.523. The fourth-order valence-corrected chi connectivity index (χ4v) is 1.03. The van der Waals surface area contributed by atoms with Gasteiger partial charge in [-0.2, -0.15) is 35.1 Å². The molecule has 0 unspecified atom stereocenters. The van der Waals surface area contributed by atoms with E-state index in [1.807, 2.05) is 0 Å². The Kier molecular flexibility index (Phi) is 2.28. The van der Waals surface area contributed by atoms with Crippen LogP contribution in [-0.2, 0) is 4.74 Å². The lowest BCUT2D eigenvalue weighted by atomic mass is 9.91. The van der Waals surface area contributed by atoms with Gasteiger partial charge in [0.1, 0.15) is 5.92 Å². The van der Waals surface area contributed by atoms with Crippen LogP contribution in [0, 0.1) is 5.92 Å². The molecule has 0 aromatic rings. The highest BCUT2D eigenvalue weighted by molar-refractivity contribution is 5.00. The molecule has 1 fully saturated rings. The maximum absolute atomic E-state index is 12.5. The topological polar surface area (TPSA) is 9.23 Å². The molecule has 0 atom stereocenters. The molecule has 0 saturated carbocycles. The minimum absolute atomic E-state index is 0.0929. The molecule has 1 aliphatic rings. The Labute approximate surface area is 78.0 Å². The summed E-state index contributed by atoms with van der Waals surface area (Å²) < 4.78 is 101. The number of hydrogen-bond acceptors (Lipinski definition) is 1. The van der Waals surface area contributed by atoms with E-state index in [4.69, 9.17) is 0 Å². The molecule has 0 aromatic carbocycles. The first kappa shape index (κ1) is 12.5. The molecule has 0 radical (unpaired) electrons. The van der Waals surface area contributed by atoms with Crippen molar-refractivity contribution >= 4 is 0 Å². The molecule has 1 saturated heterocycles. The Morgan fingerprint density at radius 3 is 1.27 bits per heavy atom. The van der Waals surface area contributed by atoms with E-state index in [-0.39, 0.29) is 6.92 Å². The van der Waals surface area contributed by atoms with Crippen LogP contribution in [0.3, 0.4) is 0 Å². The third-order valence-corrected chi connectivity index (χ3v) is 2.12. The normalized spacial score (nSPS) is 32.6. The van der Waals surface area contributed by atoms with Gasteiger partial charge in [-0.05, 0) is 0 Å². The molecule has 15 heavy (non-hydrogen) atoms. The van der Waals surface area contributed by atoms with Crippen molar-refractivity contribution in [1.29, 1.82) is 0 Å². The number of ether oxygens (including phenoxy) is 1. The van der Waals surface area contributed by atoms with Gasteiger partial charge in [0.2, 0.25) is 0 Å². The van der Waals surface area contributed by atoms with E-state index in [0.717, 1.165) is 0 Å². The molecule has 1 heterocycles. The van der Waals surface area contributed by atoms with E-state index in [0.29, 0.717) is 0 Å². The van der Waals surface area contributed by atoms with E-state index in [1.54, 1.807) is 0 Å². The maximum Gasteiger partial charge on any atom is 0.424 e. The van der Waals surface area contributed by atoms with Crippen molar-refractivity contribution in [1.82, 2.24) is 0 Å². The monoisotopic (exact) mass is 244 g/mol. The summed E-state index contributed by atoms with van der Waals surface area (Å²) >= 11 is 0. The van der Waals surface area contributed by atoms with Crippen LogP contribution in [0.5, 0.6) is 0 Å². The highest BCUT2D eigenvalue weighted by atomic mass is 19.3. The predicted molar refractivity (Wildman–Crippen MR) is 30.0 cm³/mol. The van der Waals surface area contributed by atoms with Crippen LogP contribution in [0.2, 0.25) is 0 Å².